The highest BCUT2D eigenvalue weighted by Gasteiger charge is 2.51. The average molecular weight is 1280 g/mol. The standard InChI is InChI=1S/C16H20N2O7S.C16H20N2O6.C15H17ClN2O5.C12H13N3O/c1-11(19)24-9-16(10-25-12(2)20)8-18(17-15(16)21)13-5-4-6-14(7-13)26(3,22)23;1-11(19)23-9-16(10-24-12(2)20)8-18(17-15(16)21)13-4-6-14(22-3)7-5-13;1-10(19)22-8-15(9-23-11(2)20)7-18(17-14(15)21)13-5-3-12(16)4-6-13;1-12(2)8-15(14-11(12)16)10-5-3-9(7-13)4-6-10/h4-7H,8-10H2,1-3H3,(H,17,21);4-7H,8-10H2,1-3H3,(H,17,21);3-6H,7-9H2,1-2H3,(H,17,21);3-6H,8H2,1-2H3,(H,14,16). The second kappa shape index (κ2) is 30.3. The SMILES string of the molecule is CC(=O)OCC1(COC(C)=O)CN(c2ccc(Cl)cc2)NC1=O.CC(=O)OCC1(COC(C)=O)CN(c2cccc(S(C)(=O)=O)c2)NC1=O.CC1(C)CN(c2ccc(C#N)cc2)NC1=O.COc1ccc(N2CC(COC(C)=O)(COC(C)=O)C(=O)N2)cc1. The number of hydrogen-bond acceptors (Lipinski definition) is 24. The maximum atomic E-state index is 12.5. The number of hydrogen-bond donors (Lipinski definition) is 4. The number of anilines is 4. The van der Waals surface area contributed by atoms with Crippen molar-refractivity contribution in [2.24, 2.45) is 21.7 Å². The summed E-state index contributed by atoms with van der Waals surface area (Å²) in [6.07, 6.45) is 1.08. The summed E-state index contributed by atoms with van der Waals surface area (Å²) in [6, 6.07) is 29.2. The lowest BCUT2D eigenvalue weighted by Gasteiger charge is -2.25. The van der Waals surface area contributed by atoms with Crippen LogP contribution in [0.2, 0.25) is 5.02 Å². The van der Waals surface area contributed by atoms with Gasteiger partial charge in [-0.15, -0.1) is 0 Å². The molecule has 4 fully saturated rings. The molecule has 89 heavy (non-hydrogen) atoms. The maximum absolute atomic E-state index is 12.5. The molecule has 4 aliphatic heterocycles. The second-order valence-electron chi connectivity index (χ2n) is 21.6. The highest BCUT2D eigenvalue weighted by Crippen LogP contribution is 2.34. The van der Waals surface area contributed by atoms with Gasteiger partial charge in [0.2, 0.25) is 5.91 Å². The minimum Gasteiger partial charge on any atom is -0.497 e. The number of carbonyl (C=O) groups excluding carboxylic acids is 10. The predicted octanol–water partition coefficient (Wildman–Crippen LogP) is 3.45. The summed E-state index contributed by atoms with van der Waals surface area (Å²) in [5.41, 5.74) is 10.3. The van der Waals surface area contributed by atoms with E-state index in [4.69, 9.17) is 50.0 Å². The summed E-state index contributed by atoms with van der Waals surface area (Å²) in [6.45, 7) is 11.1. The number of sulfone groups is 1. The number of methoxy groups -OCH3 is 1. The zero-order valence-electron chi connectivity index (χ0n) is 50.6. The topological polar surface area (TPSA) is 354 Å². The van der Waals surface area contributed by atoms with E-state index in [2.05, 4.69) is 27.8 Å². The molecule has 4 N–H and O–H groups in total. The van der Waals surface area contributed by atoms with Gasteiger partial charge in [0.15, 0.2) is 9.84 Å². The molecule has 0 aliphatic carbocycles. The molecule has 30 heteroatoms. The van der Waals surface area contributed by atoms with E-state index in [1.807, 2.05) is 31.0 Å². The summed E-state index contributed by atoms with van der Waals surface area (Å²) >= 11 is 5.85. The van der Waals surface area contributed by atoms with Crippen LogP contribution in [0.25, 0.3) is 0 Å². The molecule has 0 atom stereocenters. The van der Waals surface area contributed by atoms with Gasteiger partial charge < -0.3 is 33.2 Å². The number of esters is 6. The molecular weight excluding hydrogens is 1210 g/mol. The van der Waals surface area contributed by atoms with Crippen LogP contribution >= 0.6 is 11.6 Å². The largest absolute Gasteiger partial charge is 0.497 e. The third-order valence-corrected chi connectivity index (χ3v) is 15.0. The van der Waals surface area contributed by atoms with E-state index in [0.29, 0.717) is 28.6 Å². The molecule has 4 saturated heterocycles. The van der Waals surface area contributed by atoms with Crippen molar-refractivity contribution < 1.29 is 89.5 Å². The summed E-state index contributed by atoms with van der Waals surface area (Å²) in [5.74, 6) is -3.71. The number of nitriles is 1. The zero-order valence-corrected chi connectivity index (χ0v) is 52.2. The Kier molecular flexibility index (Phi) is 23.8. The predicted molar refractivity (Wildman–Crippen MR) is 318 cm³/mol. The molecule has 4 amide bonds. The number of nitrogens with zero attached hydrogens (tertiary/aromatic N) is 5. The van der Waals surface area contributed by atoms with Gasteiger partial charge in [-0.3, -0.25) is 89.7 Å². The Hall–Kier alpha value is -9.69. The highest BCUT2D eigenvalue weighted by molar-refractivity contribution is 7.90. The van der Waals surface area contributed by atoms with E-state index < -0.39 is 67.8 Å². The molecule has 28 nitrogen and oxygen atoms in total. The van der Waals surface area contributed by atoms with Crippen molar-refractivity contribution in [3.63, 3.8) is 0 Å². The van der Waals surface area contributed by atoms with Crippen LogP contribution in [0.1, 0.15) is 61.0 Å². The van der Waals surface area contributed by atoms with Gasteiger partial charge in [-0.2, -0.15) is 5.26 Å². The Morgan fingerprint density at radius 2 is 0.809 bits per heavy atom. The van der Waals surface area contributed by atoms with Gasteiger partial charge in [0.25, 0.3) is 17.7 Å². The van der Waals surface area contributed by atoms with Crippen LogP contribution in [0.15, 0.2) is 102 Å². The second-order valence-corrected chi connectivity index (χ2v) is 24.1. The van der Waals surface area contributed by atoms with Crippen molar-refractivity contribution in [3.05, 3.63) is 108 Å². The van der Waals surface area contributed by atoms with Crippen LogP contribution < -0.4 is 46.5 Å². The van der Waals surface area contributed by atoms with Crippen LogP contribution in [0.4, 0.5) is 22.7 Å². The minimum absolute atomic E-state index is 0.0249. The van der Waals surface area contributed by atoms with Gasteiger partial charge in [0, 0.05) is 52.8 Å². The van der Waals surface area contributed by atoms with Crippen molar-refractivity contribution in [3.8, 4) is 11.8 Å². The van der Waals surface area contributed by atoms with Gasteiger partial charge in [0.1, 0.15) is 61.6 Å². The van der Waals surface area contributed by atoms with Gasteiger partial charge in [0.05, 0.1) is 78.0 Å². The number of amides is 4. The van der Waals surface area contributed by atoms with Crippen LogP contribution in [0, 0.1) is 33.0 Å². The van der Waals surface area contributed by atoms with Crippen molar-refractivity contribution in [1.29, 1.82) is 5.26 Å². The van der Waals surface area contributed by atoms with Gasteiger partial charge in [-0.1, -0.05) is 17.7 Å². The molecule has 0 bridgehead atoms. The molecule has 0 radical (unpaired) electrons. The van der Waals surface area contributed by atoms with Crippen molar-refractivity contribution in [2.45, 2.75) is 60.3 Å². The lowest BCUT2D eigenvalue weighted by atomic mass is 9.90. The fourth-order valence-electron chi connectivity index (χ4n) is 8.58. The molecule has 4 aliphatic rings. The maximum Gasteiger partial charge on any atom is 0.302 e. The monoisotopic (exact) mass is 1280 g/mol. The first-order valence-corrected chi connectivity index (χ1v) is 29.4. The fraction of sp³-hybridized carbons (Fsp3) is 0.407. The van der Waals surface area contributed by atoms with E-state index >= 15 is 0 Å². The van der Waals surface area contributed by atoms with Gasteiger partial charge in [-0.05, 0) is 105 Å². The molecule has 0 spiro atoms. The molecule has 0 saturated carbocycles. The Balaban J connectivity index is 0.000000219. The molecule has 4 heterocycles. The third kappa shape index (κ3) is 19.7. The Bertz CT molecular complexity index is 3380. The quantitative estimate of drug-likeness (QED) is 0.0818. The minimum atomic E-state index is -3.42. The van der Waals surface area contributed by atoms with Crippen LogP contribution in [-0.4, -0.2) is 147 Å². The van der Waals surface area contributed by atoms with Crippen LogP contribution in [0.5, 0.6) is 5.75 Å². The lowest BCUT2D eigenvalue weighted by Crippen LogP contribution is -2.42. The smallest absolute Gasteiger partial charge is 0.302 e. The molecule has 0 aromatic heterocycles. The summed E-state index contributed by atoms with van der Waals surface area (Å²) in [4.78, 5) is 116. The summed E-state index contributed by atoms with van der Waals surface area (Å²) in [5, 5.41) is 15.7. The number of halogens is 1. The number of rotatable bonds is 18. The molecule has 8 rings (SSSR count). The van der Waals surface area contributed by atoms with E-state index in [0.717, 1.165) is 23.3 Å². The van der Waals surface area contributed by atoms with Gasteiger partial charge in [-0.25, -0.2) is 8.42 Å². The van der Waals surface area contributed by atoms with E-state index in [1.165, 1.54) is 58.7 Å². The Labute approximate surface area is 518 Å². The molecule has 4 aromatic rings. The molecule has 0 unspecified atom stereocenters. The molecule has 478 valence electrons. The van der Waals surface area contributed by atoms with Crippen molar-refractivity contribution in [1.82, 2.24) is 21.7 Å². The lowest BCUT2D eigenvalue weighted by molar-refractivity contribution is -0.156. The third-order valence-electron chi connectivity index (χ3n) is 13.6. The van der Waals surface area contributed by atoms with Crippen LogP contribution in [-0.2, 0) is 86.2 Å². The van der Waals surface area contributed by atoms with E-state index in [-0.39, 0.29) is 87.3 Å². The molecular formula is C59H70ClN9O19S. The van der Waals surface area contributed by atoms with Crippen molar-refractivity contribution in [2.75, 3.05) is 99.2 Å². The van der Waals surface area contributed by atoms with Crippen LogP contribution in [0.3, 0.4) is 0 Å². The summed E-state index contributed by atoms with van der Waals surface area (Å²) < 4.78 is 58.5. The zero-order chi connectivity index (χ0) is 66.1. The fourth-order valence-corrected chi connectivity index (χ4v) is 9.37. The first-order valence-electron chi connectivity index (χ1n) is 27.1. The molecule has 4 aromatic carbocycles. The van der Waals surface area contributed by atoms with Crippen molar-refractivity contribution >= 4 is 104 Å². The van der Waals surface area contributed by atoms with E-state index in [1.54, 1.807) is 89.9 Å². The number of benzene rings is 4. The Morgan fingerprint density at radius 3 is 1.11 bits per heavy atom. The van der Waals surface area contributed by atoms with E-state index in [9.17, 15) is 56.4 Å². The normalized spacial score (nSPS) is 16.3. The first-order chi connectivity index (χ1) is 41.7. The Morgan fingerprint density at radius 1 is 0.494 bits per heavy atom. The highest BCUT2D eigenvalue weighted by atomic mass is 35.5. The van der Waals surface area contributed by atoms with Gasteiger partial charge >= 0.3 is 35.8 Å². The summed E-state index contributed by atoms with van der Waals surface area (Å²) in [7, 11) is -1.85. The number of ether oxygens (including phenoxy) is 7. The number of nitrogens with one attached hydrogen (secondary N) is 4. The number of carbonyl (C=O) groups is 10. The first kappa shape index (κ1) is 70.1. The number of hydrazine groups is 4. The average Bonchev–Trinajstić information content (AvgIpc) is 1.93.